The highest BCUT2D eigenvalue weighted by atomic mass is 16.5. The first-order chi connectivity index (χ1) is 4.52. The van der Waals surface area contributed by atoms with Gasteiger partial charge in [-0.2, -0.15) is 0 Å². The second-order valence-electron chi connectivity index (χ2n) is 2.34. The Hall–Kier alpha value is -1.05. The van der Waals surface area contributed by atoms with E-state index < -0.39 is 0 Å². The minimum Gasteiger partial charge on any atom is -0.429 e. The van der Waals surface area contributed by atoms with Crippen LogP contribution in [0.15, 0.2) is 24.0 Å². The molecule has 0 fully saturated rings. The van der Waals surface area contributed by atoms with Crippen molar-refractivity contribution >= 4 is 5.97 Å². The molecule has 0 atom stereocenters. The summed E-state index contributed by atoms with van der Waals surface area (Å²) in [4.78, 5) is 10.7. The van der Waals surface area contributed by atoms with Gasteiger partial charge < -0.3 is 4.74 Å². The highest BCUT2D eigenvalue weighted by Crippen LogP contribution is 1.95. The molecule has 0 radical (unpaired) electrons. The Morgan fingerprint density at radius 3 is 2.20 bits per heavy atom. The molecule has 0 aliphatic rings. The van der Waals surface area contributed by atoms with Crippen LogP contribution < -0.4 is 0 Å². The first-order valence-corrected chi connectivity index (χ1v) is 3.04. The van der Waals surface area contributed by atoms with Gasteiger partial charge in [0.2, 0.25) is 0 Å². The van der Waals surface area contributed by atoms with Crippen molar-refractivity contribution < 1.29 is 9.53 Å². The highest BCUT2D eigenvalue weighted by molar-refractivity contribution is 5.83. The van der Waals surface area contributed by atoms with Crippen molar-refractivity contribution in [2.45, 2.75) is 20.8 Å². The molecule has 2 nitrogen and oxygen atoms in total. The summed E-state index contributed by atoms with van der Waals surface area (Å²) >= 11 is 0. The minimum atomic E-state index is -0.354. The predicted molar refractivity (Wildman–Crippen MR) is 40.3 cm³/mol. The number of carbonyl (C=O) groups excluding carboxylic acids is 1. The fraction of sp³-hybridized carbons (Fsp3) is 0.375. The molecule has 0 aromatic carbocycles. The molecule has 0 amide bonds. The molecule has 0 saturated carbocycles. The van der Waals surface area contributed by atoms with Crippen molar-refractivity contribution in [2.75, 3.05) is 0 Å². The molecule has 0 aliphatic heterocycles. The van der Waals surface area contributed by atoms with Crippen LogP contribution in [-0.2, 0) is 9.53 Å². The Morgan fingerprint density at radius 1 is 1.40 bits per heavy atom. The van der Waals surface area contributed by atoms with E-state index in [4.69, 9.17) is 0 Å². The smallest absolute Gasteiger partial charge is 0.335 e. The summed E-state index contributed by atoms with van der Waals surface area (Å²) < 4.78 is 4.65. The maximum absolute atomic E-state index is 10.7. The van der Waals surface area contributed by atoms with Gasteiger partial charge in [0.1, 0.15) is 0 Å². The van der Waals surface area contributed by atoms with Gasteiger partial charge in [-0.1, -0.05) is 12.2 Å². The van der Waals surface area contributed by atoms with Crippen LogP contribution in [0.4, 0.5) is 0 Å². The first kappa shape index (κ1) is 8.95. The number of hydrogen-bond acceptors (Lipinski definition) is 2. The van der Waals surface area contributed by atoms with E-state index in [-0.39, 0.29) is 5.97 Å². The Balaban J connectivity index is 3.88. The monoisotopic (exact) mass is 140 g/mol. The van der Waals surface area contributed by atoms with E-state index in [2.05, 4.69) is 11.3 Å². The molecular weight excluding hydrogens is 128 g/mol. The summed E-state index contributed by atoms with van der Waals surface area (Å²) in [5.74, 6) is 0.0648. The Kier molecular flexibility index (Phi) is 3.47. The van der Waals surface area contributed by atoms with E-state index in [1.54, 1.807) is 6.92 Å². The van der Waals surface area contributed by atoms with Crippen LogP contribution in [0, 0.1) is 0 Å². The lowest BCUT2D eigenvalue weighted by atomic mass is 10.3. The Bertz CT molecular complexity index is 174. The second kappa shape index (κ2) is 3.88. The fourth-order valence-electron chi connectivity index (χ4n) is 0.437. The zero-order valence-corrected chi connectivity index (χ0v) is 6.60. The average Bonchev–Trinajstić information content (AvgIpc) is 1.58. The summed E-state index contributed by atoms with van der Waals surface area (Å²) in [5, 5.41) is 0. The summed E-state index contributed by atoms with van der Waals surface area (Å²) in [6.45, 7) is 8.73. The van der Waals surface area contributed by atoms with Crippen molar-refractivity contribution in [3.8, 4) is 0 Å². The van der Waals surface area contributed by atoms with Crippen LogP contribution in [0.1, 0.15) is 20.8 Å². The van der Waals surface area contributed by atoms with Crippen molar-refractivity contribution in [1.29, 1.82) is 0 Å². The molecule has 10 heavy (non-hydrogen) atoms. The zero-order chi connectivity index (χ0) is 8.15. The van der Waals surface area contributed by atoms with Crippen molar-refractivity contribution in [3.05, 3.63) is 24.0 Å². The highest BCUT2D eigenvalue weighted by Gasteiger charge is 1.95. The topological polar surface area (TPSA) is 26.3 Å². The third-order valence-electron chi connectivity index (χ3n) is 0.681. The van der Waals surface area contributed by atoms with Crippen LogP contribution >= 0.6 is 0 Å². The quantitative estimate of drug-likeness (QED) is 0.333. The zero-order valence-electron chi connectivity index (χ0n) is 6.60. The number of carbonyl (C=O) groups is 1. The van der Waals surface area contributed by atoms with E-state index >= 15 is 0 Å². The molecule has 0 N–H and O–H groups in total. The van der Waals surface area contributed by atoms with Gasteiger partial charge in [-0.25, -0.2) is 4.79 Å². The third kappa shape index (κ3) is 5.09. The van der Waals surface area contributed by atoms with E-state index in [9.17, 15) is 4.79 Å². The van der Waals surface area contributed by atoms with Crippen LogP contribution in [-0.4, -0.2) is 5.97 Å². The van der Waals surface area contributed by atoms with Gasteiger partial charge in [-0.05, 0) is 20.8 Å². The summed E-state index contributed by atoms with van der Waals surface area (Å²) in [6, 6.07) is 0. The van der Waals surface area contributed by atoms with Gasteiger partial charge in [-0.3, -0.25) is 0 Å². The molecule has 0 rings (SSSR count). The van der Waals surface area contributed by atoms with Gasteiger partial charge in [-0.15, -0.1) is 0 Å². The number of allylic oxidation sites excluding steroid dienone is 2. The van der Waals surface area contributed by atoms with Crippen LogP contribution in [0.2, 0.25) is 0 Å². The lowest BCUT2D eigenvalue weighted by Crippen LogP contribution is -1.97. The van der Waals surface area contributed by atoms with Gasteiger partial charge in [0.05, 0.1) is 5.76 Å². The maximum Gasteiger partial charge on any atom is 0.335 e. The van der Waals surface area contributed by atoms with Crippen molar-refractivity contribution in [2.24, 2.45) is 0 Å². The van der Waals surface area contributed by atoms with E-state index in [1.165, 1.54) is 6.08 Å². The summed E-state index contributed by atoms with van der Waals surface area (Å²) in [6.07, 6.45) is 1.43. The molecule has 2 heteroatoms. The molecule has 0 spiro atoms. The van der Waals surface area contributed by atoms with Gasteiger partial charge in [0.15, 0.2) is 0 Å². The Labute approximate surface area is 61.2 Å². The molecule has 56 valence electrons. The van der Waals surface area contributed by atoms with Crippen LogP contribution in [0.5, 0.6) is 0 Å². The van der Waals surface area contributed by atoms with Crippen LogP contribution in [0.3, 0.4) is 0 Å². The maximum atomic E-state index is 10.7. The number of rotatable bonds is 2. The van der Waals surface area contributed by atoms with E-state index in [1.807, 2.05) is 13.8 Å². The average molecular weight is 140 g/mol. The largest absolute Gasteiger partial charge is 0.429 e. The number of ether oxygens (including phenoxy) is 1. The molecule has 0 saturated heterocycles. The van der Waals surface area contributed by atoms with Gasteiger partial charge in [0, 0.05) is 6.08 Å². The SMILES string of the molecule is C=C(C)OC(=O)C=C(C)C. The van der Waals surface area contributed by atoms with Gasteiger partial charge in [0.25, 0.3) is 0 Å². The second-order valence-corrected chi connectivity index (χ2v) is 2.34. The number of esters is 1. The number of hydrogen-bond donors (Lipinski definition) is 0. The molecule has 0 unspecified atom stereocenters. The first-order valence-electron chi connectivity index (χ1n) is 3.04. The molecule has 0 aliphatic carbocycles. The predicted octanol–water partition coefficient (Wildman–Crippen LogP) is 2.03. The van der Waals surface area contributed by atoms with E-state index in [0.29, 0.717) is 5.76 Å². The van der Waals surface area contributed by atoms with Gasteiger partial charge >= 0.3 is 5.97 Å². The lowest BCUT2D eigenvalue weighted by Gasteiger charge is -1.97. The fourth-order valence-corrected chi connectivity index (χ4v) is 0.437. The van der Waals surface area contributed by atoms with Crippen LogP contribution in [0.25, 0.3) is 0 Å². The molecule has 0 aromatic rings. The van der Waals surface area contributed by atoms with Crippen molar-refractivity contribution in [1.82, 2.24) is 0 Å². The van der Waals surface area contributed by atoms with Crippen molar-refractivity contribution in [3.63, 3.8) is 0 Å². The molecule has 0 heterocycles. The normalized spacial score (nSPS) is 8.30. The molecular formula is C8H12O2. The Morgan fingerprint density at radius 2 is 1.90 bits per heavy atom. The van der Waals surface area contributed by atoms with E-state index in [0.717, 1.165) is 5.57 Å². The molecule has 0 aromatic heterocycles. The summed E-state index contributed by atoms with van der Waals surface area (Å²) in [7, 11) is 0. The summed E-state index contributed by atoms with van der Waals surface area (Å²) in [5.41, 5.74) is 0.922. The standard InChI is InChI=1S/C8H12O2/c1-6(2)5-8(9)10-7(3)4/h5H,3H2,1-2,4H3. The third-order valence-corrected chi connectivity index (χ3v) is 0.681. The minimum absolute atomic E-state index is 0.354. The molecule has 0 bridgehead atoms. The lowest BCUT2D eigenvalue weighted by molar-refractivity contribution is -0.133.